The van der Waals surface area contributed by atoms with Crippen LogP contribution < -0.4 is 5.56 Å². The highest BCUT2D eigenvalue weighted by Gasteiger charge is 2.44. The average Bonchev–Trinajstić information content (AvgIpc) is 3.07. The first-order valence-electron chi connectivity index (χ1n) is 10.5. The van der Waals surface area contributed by atoms with E-state index in [-0.39, 0.29) is 33.4 Å². The lowest BCUT2D eigenvalue weighted by Gasteiger charge is -2.27. The highest BCUT2D eigenvalue weighted by atomic mass is 16.5. The van der Waals surface area contributed by atoms with Crippen LogP contribution in [0.1, 0.15) is 50.7 Å². The van der Waals surface area contributed by atoms with Crippen LogP contribution in [0.2, 0.25) is 0 Å². The Morgan fingerprint density at radius 2 is 1.68 bits per heavy atom. The third-order valence-corrected chi connectivity index (χ3v) is 5.50. The van der Waals surface area contributed by atoms with Crippen molar-refractivity contribution in [3.63, 3.8) is 0 Å². The van der Waals surface area contributed by atoms with Gasteiger partial charge in [0.15, 0.2) is 0 Å². The number of rotatable bonds is 6. The van der Waals surface area contributed by atoms with E-state index < -0.39 is 47.9 Å². The third kappa shape index (κ3) is 3.94. The monoisotopic (exact) mass is 463 g/mol. The molecule has 1 aliphatic rings. The summed E-state index contributed by atoms with van der Waals surface area (Å²) in [5.74, 6) is -2.92. The molecule has 1 aliphatic heterocycles. The number of carbonyl (C=O) groups is 4. The molecule has 10 heteroatoms. The zero-order valence-electron chi connectivity index (χ0n) is 18.7. The number of ether oxygens (including phenoxy) is 2. The second-order valence-corrected chi connectivity index (χ2v) is 8.06. The van der Waals surface area contributed by atoms with Crippen LogP contribution in [-0.4, -0.2) is 51.8 Å². The molecule has 10 nitrogen and oxygen atoms in total. The van der Waals surface area contributed by atoms with Crippen molar-refractivity contribution in [1.29, 1.82) is 0 Å². The van der Waals surface area contributed by atoms with E-state index >= 15 is 0 Å². The zero-order valence-corrected chi connectivity index (χ0v) is 18.7. The summed E-state index contributed by atoms with van der Waals surface area (Å²) in [7, 11) is 1.24. The second-order valence-electron chi connectivity index (χ2n) is 8.06. The number of aromatic amines is 1. The Bertz CT molecular complexity index is 1360. The van der Waals surface area contributed by atoms with E-state index in [9.17, 15) is 24.0 Å². The standard InChI is InChI=1S/C24H21N3O7/c1-12(2)19(27-21(29)14-6-4-5-7-15(14)22(27)30)24(32)34-11-18-25-17-10-13(23(31)33-3)8-9-16(17)20(28)26-18/h4-10,12,19H,11H2,1-3H3,(H,25,26,28)/t19-/m1/s1. The number of aromatic nitrogens is 2. The van der Waals surface area contributed by atoms with Crippen molar-refractivity contribution >= 4 is 34.7 Å². The molecule has 1 atom stereocenters. The Morgan fingerprint density at radius 1 is 1.03 bits per heavy atom. The number of esters is 2. The first kappa shape index (κ1) is 22.8. The smallest absolute Gasteiger partial charge is 0.337 e. The molecule has 2 aromatic carbocycles. The maximum atomic E-state index is 13.0. The summed E-state index contributed by atoms with van der Waals surface area (Å²) in [5.41, 5.74) is 0.411. The molecule has 0 saturated heterocycles. The fraction of sp³-hybridized carbons (Fsp3) is 0.250. The van der Waals surface area contributed by atoms with Crippen molar-refractivity contribution in [3.05, 3.63) is 75.3 Å². The molecule has 0 spiro atoms. The summed E-state index contributed by atoms with van der Waals surface area (Å²) >= 11 is 0. The number of nitrogens with one attached hydrogen (secondary N) is 1. The Balaban J connectivity index is 1.57. The van der Waals surface area contributed by atoms with Gasteiger partial charge in [-0.3, -0.25) is 19.3 Å². The molecule has 0 unspecified atom stereocenters. The van der Waals surface area contributed by atoms with E-state index in [1.807, 2.05) is 0 Å². The molecule has 0 saturated carbocycles. The van der Waals surface area contributed by atoms with Gasteiger partial charge in [-0.2, -0.15) is 0 Å². The number of carbonyl (C=O) groups excluding carboxylic acids is 4. The number of fused-ring (bicyclic) bond motifs is 2. The van der Waals surface area contributed by atoms with Crippen LogP contribution in [0.15, 0.2) is 47.3 Å². The Kier molecular flexibility index (Phi) is 5.97. The molecule has 0 radical (unpaired) electrons. The second kappa shape index (κ2) is 8.89. The maximum Gasteiger partial charge on any atom is 0.337 e. The van der Waals surface area contributed by atoms with E-state index in [0.29, 0.717) is 0 Å². The fourth-order valence-corrected chi connectivity index (χ4v) is 3.86. The van der Waals surface area contributed by atoms with Gasteiger partial charge in [0, 0.05) is 0 Å². The number of imide groups is 1. The van der Waals surface area contributed by atoms with Gasteiger partial charge in [-0.25, -0.2) is 14.6 Å². The molecule has 0 bridgehead atoms. The van der Waals surface area contributed by atoms with Crippen molar-refractivity contribution < 1.29 is 28.7 Å². The molecule has 1 aromatic heterocycles. The van der Waals surface area contributed by atoms with Gasteiger partial charge in [-0.05, 0) is 36.2 Å². The molecule has 174 valence electrons. The van der Waals surface area contributed by atoms with Gasteiger partial charge in [-0.15, -0.1) is 0 Å². The quantitative estimate of drug-likeness (QED) is 0.433. The van der Waals surface area contributed by atoms with Gasteiger partial charge in [0.25, 0.3) is 17.4 Å². The number of benzene rings is 2. The van der Waals surface area contributed by atoms with Crippen LogP contribution in [0.4, 0.5) is 0 Å². The zero-order chi connectivity index (χ0) is 24.6. The molecule has 2 amide bonds. The number of hydrogen-bond acceptors (Lipinski definition) is 8. The van der Waals surface area contributed by atoms with Gasteiger partial charge in [0.05, 0.1) is 34.7 Å². The van der Waals surface area contributed by atoms with Gasteiger partial charge in [-0.1, -0.05) is 26.0 Å². The average molecular weight is 463 g/mol. The Labute approximate surface area is 193 Å². The van der Waals surface area contributed by atoms with Crippen molar-refractivity contribution in [1.82, 2.24) is 14.9 Å². The minimum absolute atomic E-state index is 0.0396. The first-order valence-corrected chi connectivity index (χ1v) is 10.5. The van der Waals surface area contributed by atoms with Gasteiger partial charge < -0.3 is 14.5 Å². The highest BCUT2D eigenvalue weighted by Crippen LogP contribution is 2.27. The van der Waals surface area contributed by atoms with Crippen LogP contribution in [0.3, 0.4) is 0 Å². The molecule has 1 N–H and O–H groups in total. The summed E-state index contributed by atoms with van der Waals surface area (Å²) in [6.45, 7) is 2.98. The van der Waals surface area contributed by atoms with E-state index in [1.54, 1.807) is 26.0 Å². The molecule has 4 rings (SSSR count). The predicted octanol–water partition coefficient (Wildman–Crippen LogP) is 2.07. The molecule has 0 fully saturated rings. The third-order valence-electron chi connectivity index (χ3n) is 5.50. The normalized spacial score (nSPS) is 13.8. The lowest BCUT2D eigenvalue weighted by molar-refractivity contribution is -0.151. The summed E-state index contributed by atoms with van der Waals surface area (Å²) in [4.78, 5) is 70.5. The molecular formula is C24H21N3O7. The first-order chi connectivity index (χ1) is 16.2. The lowest BCUT2D eigenvalue weighted by atomic mass is 10.0. The lowest BCUT2D eigenvalue weighted by Crippen LogP contribution is -2.48. The number of H-pyrrole nitrogens is 1. The Morgan fingerprint density at radius 3 is 2.26 bits per heavy atom. The minimum atomic E-state index is -1.16. The van der Waals surface area contributed by atoms with Crippen LogP contribution in [0, 0.1) is 5.92 Å². The van der Waals surface area contributed by atoms with E-state index in [0.717, 1.165) is 4.90 Å². The largest absolute Gasteiger partial charge is 0.465 e. The van der Waals surface area contributed by atoms with Crippen molar-refractivity contribution in [2.24, 2.45) is 5.92 Å². The SMILES string of the molecule is COC(=O)c1ccc2c(=O)[nH]c(COC(=O)[C@@H](C(C)C)N3C(=O)c4ccccc4C3=O)nc2c1. The Hall–Kier alpha value is -4.34. The number of amides is 2. The molecule has 3 aromatic rings. The van der Waals surface area contributed by atoms with Gasteiger partial charge >= 0.3 is 11.9 Å². The van der Waals surface area contributed by atoms with Crippen LogP contribution in [0.5, 0.6) is 0 Å². The molecule has 0 aliphatic carbocycles. The summed E-state index contributed by atoms with van der Waals surface area (Å²) in [6.07, 6.45) is 0. The molecule has 2 heterocycles. The van der Waals surface area contributed by atoms with Crippen LogP contribution >= 0.6 is 0 Å². The van der Waals surface area contributed by atoms with Crippen molar-refractivity contribution in [3.8, 4) is 0 Å². The highest BCUT2D eigenvalue weighted by molar-refractivity contribution is 6.22. The summed E-state index contributed by atoms with van der Waals surface area (Å²) in [6, 6.07) is 9.48. The molecular weight excluding hydrogens is 442 g/mol. The van der Waals surface area contributed by atoms with Crippen molar-refractivity contribution in [2.75, 3.05) is 7.11 Å². The number of methoxy groups -OCH3 is 1. The van der Waals surface area contributed by atoms with Crippen LogP contribution in [0.25, 0.3) is 10.9 Å². The molecule has 34 heavy (non-hydrogen) atoms. The van der Waals surface area contributed by atoms with E-state index in [1.165, 1.54) is 37.4 Å². The topological polar surface area (TPSA) is 136 Å². The van der Waals surface area contributed by atoms with Gasteiger partial charge in [0.1, 0.15) is 18.5 Å². The summed E-state index contributed by atoms with van der Waals surface area (Å²) < 4.78 is 10.0. The maximum absolute atomic E-state index is 13.0. The van der Waals surface area contributed by atoms with E-state index in [2.05, 4.69) is 14.7 Å². The number of hydrogen-bond donors (Lipinski definition) is 1. The van der Waals surface area contributed by atoms with Gasteiger partial charge in [0.2, 0.25) is 0 Å². The predicted molar refractivity (Wildman–Crippen MR) is 119 cm³/mol. The summed E-state index contributed by atoms with van der Waals surface area (Å²) in [5, 5.41) is 0.244. The van der Waals surface area contributed by atoms with Crippen LogP contribution in [-0.2, 0) is 20.9 Å². The van der Waals surface area contributed by atoms with Crippen molar-refractivity contribution in [2.45, 2.75) is 26.5 Å². The fourth-order valence-electron chi connectivity index (χ4n) is 3.86. The van der Waals surface area contributed by atoms with E-state index in [4.69, 9.17) is 4.74 Å². The minimum Gasteiger partial charge on any atom is -0.465 e. The number of nitrogens with zero attached hydrogens (tertiary/aromatic N) is 2.